The smallest absolute Gasteiger partial charge is 0.186 e. The lowest BCUT2D eigenvalue weighted by atomic mass is 10.1. The van der Waals surface area contributed by atoms with Gasteiger partial charge in [-0.15, -0.1) is 3.89 Å². The van der Waals surface area contributed by atoms with Crippen molar-refractivity contribution in [1.29, 1.82) is 0 Å². The Kier molecular flexibility index (Phi) is 7.70. The van der Waals surface area contributed by atoms with Crippen LogP contribution in [-0.2, 0) is 14.3 Å². The molecule has 21 heavy (non-hydrogen) atoms. The SMILES string of the molecule is CN(\C=C(C=O)/C(N)=C(C=O)/C=N/SF)C1CCOCC1. The fraction of sp³-hybridized carbons (Fsp3) is 0.462. The Morgan fingerprint density at radius 1 is 1.38 bits per heavy atom. The topological polar surface area (TPSA) is 85.0 Å². The van der Waals surface area contributed by atoms with Crippen molar-refractivity contribution < 1.29 is 18.2 Å². The van der Waals surface area contributed by atoms with Crippen molar-refractivity contribution >= 4 is 31.1 Å². The lowest BCUT2D eigenvalue weighted by Gasteiger charge is -2.30. The van der Waals surface area contributed by atoms with Crippen molar-refractivity contribution in [2.75, 3.05) is 20.3 Å². The summed E-state index contributed by atoms with van der Waals surface area (Å²) in [5.41, 5.74) is 5.86. The first-order valence-corrected chi connectivity index (χ1v) is 7.04. The molecule has 0 radical (unpaired) electrons. The van der Waals surface area contributed by atoms with Crippen LogP contribution in [0.1, 0.15) is 12.8 Å². The van der Waals surface area contributed by atoms with E-state index in [4.69, 9.17) is 10.5 Å². The zero-order valence-electron chi connectivity index (χ0n) is 11.7. The molecule has 0 aromatic heterocycles. The van der Waals surface area contributed by atoms with Crippen molar-refractivity contribution in [1.82, 2.24) is 4.90 Å². The van der Waals surface area contributed by atoms with E-state index < -0.39 is 0 Å². The Bertz CT molecular complexity index is 460. The number of halogens is 1. The van der Waals surface area contributed by atoms with Crippen LogP contribution in [0.4, 0.5) is 3.89 Å². The van der Waals surface area contributed by atoms with Gasteiger partial charge in [0.05, 0.1) is 23.1 Å². The van der Waals surface area contributed by atoms with Gasteiger partial charge in [0.15, 0.2) is 24.9 Å². The fourth-order valence-corrected chi connectivity index (χ4v) is 2.14. The predicted octanol–water partition coefficient (Wildman–Crippen LogP) is 1.20. The number of carbonyl (C=O) groups is 2. The number of allylic oxidation sites excluding steroid dienone is 2. The third-order valence-electron chi connectivity index (χ3n) is 3.22. The molecule has 6 nitrogen and oxygen atoms in total. The third kappa shape index (κ3) is 5.31. The summed E-state index contributed by atoms with van der Waals surface area (Å²) < 4.78 is 20.4. The van der Waals surface area contributed by atoms with E-state index in [9.17, 15) is 13.5 Å². The molecule has 0 atom stereocenters. The summed E-state index contributed by atoms with van der Waals surface area (Å²) in [6.45, 7) is 1.34. The van der Waals surface area contributed by atoms with Gasteiger partial charge in [0.2, 0.25) is 0 Å². The van der Waals surface area contributed by atoms with E-state index in [2.05, 4.69) is 4.40 Å². The molecule has 0 amide bonds. The molecule has 1 rings (SSSR count). The number of rotatable bonds is 7. The van der Waals surface area contributed by atoms with Gasteiger partial charge in [0.1, 0.15) is 0 Å². The first-order valence-electron chi connectivity index (χ1n) is 6.37. The van der Waals surface area contributed by atoms with Crippen molar-refractivity contribution in [3.8, 4) is 0 Å². The van der Waals surface area contributed by atoms with E-state index >= 15 is 0 Å². The Balaban J connectivity index is 2.95. The molecule has 2 N–H and O–H groups in total. The van der Waals surface area contributed by atoms with Crippen LogP contribution in [0.3, 0.4) is 0 Å². The number of carbonyl (C=O) groups excluding carboxylic acids is 2. The summed E-state index contributed by atoms with van der Waals surface area (Å²) in [7, 11) is 1.83. The highest BCUT2D eigenvalue weighted by Crippen LogP contribution is 2.15. The van der Waals surface area contributed by atoms with Crippen molar-refractivity contribution in [3.63, 3.8) is 0 Å². The van der Waals surface area contributed by atoms with Gasteiger partial charge in [0.25, 0.3) is 0 Å². The molecule has 0 unspecified atom stereocenters. The van der Waals surface area contributed by atoms with E-state index in [0.29, 0.717) is 25.8 Å². The molecular formula is C13H18FN3O3S. The van der Waals surface area contributed by atoms with Crippen LogP contribution in [0.25, 0.3) is 0 Å². The number of hydrogen-bond donors (Lipinski definition) is 1. The van der Waals surface area contributed by atoms with Gasteiger partial charge in [-0.1, -0.05) is 0 Å². The summed E-state index contributed by atoms with van der Waals surface area (Å²) in [5, 5.41) is 0. The zero-order chi connectivity index (χ0) is 15.7. The van der Waals surface area contributed by atoms with Gasteiger partial charge < -0.3 is 15.4 Å². The van der Waals surface area contributed by atoms with E-state index in [1.165, 1.54) is 0 Å². The van der Waals surface area contributed by atoms with Crippen LogP contribution in [0, 0.1) is 0 Å². The van der Waals surface area contributed by atoms with Crippen LogP contribution in [0.2, 0.25) is 0 Å². The number of nitrogens with two attached hydrogens (primary N) is 1. The highest BCUT2D eigenvalue weighted by Gasteiger charge is 2.17. The average Bonchev–Trinajstić information content (AvgIpc) is 2.53. The van der Waals surface area contributed by atoms with Gasteiger partial charge in [-0.3, -0.25) is 9.59 Å². The quantitative estimate of drug-likeness (QED) is 0.250. The van der Waals surface area contributed by atoms with Crippen LogP contribution in [0.5, 0.6) is 0 Å². The first-order chi connectivity index (χ1) is 10.1. The van der Waals surface area contributed by atoms with Gasteiger partial charge in [-0.25, -0.2) is 0 Å². The maximum Gasteiger partial charge on any atom is 0.186 e. The van der Waals surface area contributed by atoms with Gasteiger partial charge in [-0.2, -0.15) is 4.40 Å². The van der Waals surface area contributed by atoms with Crippen molar-refractivity contribution in [3.05, 3.63) is 23.0 Å². The summed E-state index contributed by atoms with van der Waals surface area (Å²) in [4.78, 5) is 24.0. The number of nitrogens with zero attached hydrogens (tertiary/aromatic N) is 2. The van der Waals surface area contributed by atoms with Gasteiger partial charge in [0, 0.05) is 32.5 Å². The van der Waals surface area contributed by atoms with Crippen molar-refractivity contribution in [2.45, 2.75) is 18.9 Å². The molecule has 0 aromatic carbocycles. The predicted molar refractivity (Wildman–Crippen MR) is 80.2 cm³/mol. The molecule has 1 saturated heterocycles. The lowest BCUT2D eigenvalue weighted by Crippen LogP contribution is -2.33. The number of hydrogen-bond acceptors (Lipinski definition) is 7. The van der Waals surface area contributed by atoms with Gasteiger partial charge in [-0.05, 0) is 12.8 Å². The Morgan fingerprint density at radius 2 is 2.05 bits per heavy atom. The van der Waals surface area contributed by atoms with E-state index in [0.717, 1.165) is 19.1 Å². The van der Waals surface area contributed by atoms with Gasteiger partial charge >= 0.3 is 0 Å². The molecule has 0 spiro atoms. The first kappa shape index (κ1) is 17.4. The highest BCUT2D eigenvalue weighted by molar-refractivity contribution is 7.93. The molecule has 1 aliphatic rings. The Hall–Kier alpha value is -1.67. The lowest BCUT2D eigenvalue weighted by molar-refractivity contribution is -0.105. The second-order valence-corrected chi connectivity index (χ2v) is 4.85. The maximum atomic E-state index is 11.9. The molecule has 0 aromatic rings. The summed E-state index contributed by atoms with van der Waals surface area (Å²) in [5.74, 6) is 0. The van der Waals surface area contributed by atoms with E-state index in [1.54, 1.807) is 6.20 Å². The molecular weight excluding hydrogens is 297 g/mol. The standard InChI is InChI=1S/C13H18FN3O3S/c1-17(12-2-4-20-5-3-12)7-11(9-19)13(15)10(8-18)6-16-21-14/h6-9,12H,2-5,15H2,1H3/b11-7-,13-10+,16-6+. The maximum absolute atomic E-state index is 11.9. The molecule has 1 aliphatic heterocycles. The Labute approximate surface area is 127 Å². The van der Waals surface area contributed by atoms with E-state index in [-0.39, 0.29) is 35.2 Å². The summed E-state index contributed by atoms with van der Waals surface area (Å²) in [6.07, 6.45) is 5.26. The molecule has 0 aliphatic carbocycles. The molecule has 116 valence electrons. The minimum absolute atomic E-state index is 0.0308. The molecule has 1 fully saturated rings. The third-order valence-corrected chi connectivity index (χ3v) is 3.40. The van der Waals surface area contributed by atoms with Crippen LogP contribution >= 0.6 is 12.3 Å². The average molecular weight is 315 g/mol. The molecule has 8 heteroatoms. The number of aldehydes is 2. The van der Waals surface area contributed by atoms with Crippen molar-refractivity contribution in [2.24, 2.45) is 10.1 Å². The Morgan fingerprint density at radius 3 is 2.57 bits per heavy atom. The van der Waals surface area contributed by atoms with Crippen LogP contribution in [0.15, 0.2) is 27.4 Å². The number of ether oxygens (including phenoxy) is 1. The zero-order valence-corrected chi connectivity index (χ0v) is 12.5. The molecule has 0 saturated carbocycles. The van der Waals surface area contributed by atoms with Crippen LogP contribution < -0.4 is 5.73 Å². The molecule has 0 bridgehead atoms. The fourth-order valence-electron chi connectivity index (χ4n) is 1.99. The van der Waals surface area contributed by atoms with Crippen LogP contribution in [-0.4, -0.2) is 50.0 Å². The minimum atomic E-state index is -0.293. The normalized spacial score (nSPS) is 18.5. The minimum Gasteiger partial charge on any atom is -0.397 e. The second-order valence-electron chi connectivity index (χ2n) is 4.50. The largest absolute Gasteiger partial charge is 0.397 e. The highest BCUT2D eigenvalue weighted by atomic mass is 32.2. The second kappa shape index (κ2) is 9.30. The summed E-state index contributed by atoms with van der Waals surface area (Å²) >= 11 is -0.293. The summed E-state index contributed by atoms with van der Waals surface area (Å²) in [6, 6.07) is 0.247. The monoisotopic (exact) mass is 315 g/mol. The van der Waals surface area contributed by atoms with E-state index in [1.807, 2.05) is 11.9 Å². The molecule has 1 heterocycles.